The van der Waals surface area contributed by atoms with Crippen molar-refractivity contribution in [3.63, 3.8) is 0 Å². The Morgan fingerprint density at radius 3 is 2.53 bits per heavy atom. The van der Waals surface area contributed by atoms with Crippen LogP contribution < -0.4 is 0 Å². The third-order valence-corrected chi connectivity index (χ3v) is 8.03. The van der Waals surface area contributed by atoms with E-state index < -0.39 is 11.7 Å². The van der Waals surface area contributed by atoms with Crippen LogP contribution in [0.4, 0.5) is 0 Å². The normalized spacial score (nSPS) is 40.6. The molecule has 1 unspecified atom stereocenters. The molecule has 1 saturated carbocycles. The molecule has 7 atom stereocenters. The highest BCUT2D eigenvalue weighted by Crippen LogP contribution is 2.67. The molecule has 6 heteroatoms. The zero-order valence-corrected chi connectivity index (χ0v) is 18.5. The Labute approximate surface area is 177 Å². The molecule has 6 nitrogen and oxygen atoms in total. The molecule has 0 aromatic carbocycles. The van der Waals surface area contributed by atoms with E-state index in [1.54, 1.807) is 12.5 Å². The minimum Gasteiger partial charge on any atom is -0.472 e. The van der Waals surface area contributed by atoms with Gasteiger partial charge in [0.15, 0.2) is 0 Å². The van der Waals surface area contributed by atoms with Gasteiger partial charge in [0.25, 0.3) is 0 Å². The number of rotatable bonds is 3. The summed E-state index contributed by atoms with van der Waals surface area (Å²) in [5.74, 6) is -0.417. The molecule has 1 aromatic rings. The quantitative estimate of drug-likeness (QED) is 0.513. The number of carbonyl (C=O) groups excluding carboxylic acids is 2. The third kappa shape index (κ3) is 3.20. The second kappa shape index (κ2) is 7.56. The van der Waals surface area contributed by atoms with Gasteiger partial charge in [-0.2, -0.15) is 0 Å². The van der Waals surface area contributed by atoms with Crippen LogP contribution in [0.15, 0.2) is 34.7 Å². The van der Waals surface area contributed by atoms with Crippen molar-refractivity contribution in [2.45, 2.75) is 78.8 Å². The molecule has 0 amide bonds. The molecule has 3 aliphatic rings. The molecule has 0 N–H and O–H groups in total. The van der Waals surface area contributed by atoms with Gasteiger partial charge in [-0.3, -0.25) is 9.59 Å². The number of allylic oxidation sites excluding steroid dienone is 2. The summed E-state index contributed by atoms with van der Waals surface area (Å²) in [4.78, 5) is 24.0. The molecule has 4 rings (SSSR count). The highest BCUT2D eigenvalue weighted by Gasteiger charge is 2.67. The third-order valence-electron chi connectivity index (χ3n) is 8.03. The highest BCUT2D eigenvalue weighted by atomic mass is 16.7. The van der Waals surface area contributed by atoms with Gasteiger partial charge >= 0.3 is 11.9 Å². The van der Waals surface area contributed by atoms with Gasteiger partial charge in [0, 0.05) is 30.7 Å². The second-order valence-corrected chi connectivity index (χ2v) is 9.51. The monoisotopic (exact) mass is 416 g/mol. The molecule has 1 aliphatic heterocycles. The van der Waals surface area contributed by atoms with Gasteiger partial charge in [-0.25, -0.2) is 0 Å². The molecule has 164 valence electrons. The molecule has 2 heterocycles. The van der Waals surface area contributed by atoms with Gasteiger partial charge in [0.2, 0.25) is 6.29 Å². The van der Waals surface area contributed by atoms with Crippen LogP contribution in [0.1, 0.15) is 72.0 Å². The van der Waals surface area contributed by atoms with Crippen molar-refractivity contribution in [3.8, 4) is 0 Å². The molecule has 1 aromatic heterocycles. The van der Waals surface area contributed by atoms with Gasteiger partial charge in [0.05, 0.1) is 18.6 Å². The Balaban J connectivity index is 1.83. The first-order chi connectivity index (χ1) is 14.2. The fourth-order valence-corrected chi connectivity index (χ4v) is 6.46. The first kappa shape index (κ1) is 21.2. The maximum Gasteiger partial charge on any atom is 0.304 e. The predicted molar refractivity (Wildman–Crippen MR) is 109 cm³/mol. The van der Waals surface area contributed by atoms with Gasteiger partial charge in [0.1, 0.15) is 6.10 Å². The van der Waals surface area contributed by atoms with Crippen molar-refractivity contribution < 1.29 is 28.2 Å². The van der Waals surface area contributed by atoms with Crippen molar-refractivity contribution in [1.82, 2.24) is 0 Å². The number of hydrogen-bond acceptors (Lipinski definition) is 6. The van der Waals surface area contributed by atoms with E-state index in [4.69, 9.17) is 18.6 Å². The van der Waals surface area contributed by atoms with Crippen molar-refractivity contribution in [2.75, 3.05) is 0 Å². The SMILES string of the molecule is CC(=O)OC1O[C@@H](c2ccoc2)C[C@@]12[C@@H](C)[C@H](OC(C)=O)C[C@]1(C)C(C)=CCC[C@@H]21. The smallest absolute Gasteiger partial charge is 0.304 e. The number of ether oxygens (including phenoxy) is 3. The van der Waals surface area contributed by atoms with Gasteiger partial charge in [-0.15, -0.1) is 0 Å². The molecule has 0 radical (unpaired) electrons. The maximum absolute atomic E-state index is 12.1. The van der Waals surface area contributed by atoms with Crippen molar-refractivity contribution in [1.29, 1.82) is 0 Å². The lowest BCUT2D eigenvalue weighted by molar-refractivity contribution is -0.237. The Morgan fingerprint density at radius 2 is 1.90 bits per heavy atom. The molecule has 1 saturated heterocycles. The minimum atomic E-state index is -0.696. The van der Waals surface area contributed by atoms with E-state index >= 15 is 0 Å². The van der Waals surface area contributed by atoms with Crippen LogP contribution in [0, 0.1) is 22.7 Å². The van der Waals surface area contributed by atoms with Crippen molar-refractivity contribution in [3.05, 3.63) is 35.8 Å². The van der Waals surface area contributed by atoms with Crippen LogP contribution in [0.2, 0.25) is 0 Å². The standard InChI is InChI=1S/C24H32O6/c1-14-7-6-8-21-23(14,5)11-19(28-16(3)25)15(2)24(21)12-20(18-9-10-27-13-18)30-22(24)29-17(4)26/h7,9-10,13,15,19-22H,6,8,11-12H2,1-5H3/t15-,19+,20+,21+,22?,23+,24-/m0/s1. The van der Waals surface area contributed by atoms with Gasteiger partial charge in [-0.1, -0.05) is 25.5 Å². The van der Waals surface area contributed by atoms with Crippen LogP contribution in [-0.4, -0.2) is 24.3 Å². The van der Waals surface area contributed by atoms with E-state index in [9.17, 15) is 9.59 Å². The van der Waals surface area contributed by atoms with Crippen LogP contribution in [0.5, 0.6) is 0 Å². The lowest BCUT2D eigenvalue weighted by Crippen LogP contribution is -2.60. The minimum absolute atomic E-state index is 0.0216. The van der Waals surface area contributed by atoms with Crippen LogP contribution in [0.25, 0.3) is 0 Å². The molecule has 2 aliphatic carbocycles. The summed E-state index contributed by atoms with van der Waals surface area (Å²) in [7, 11) is 0. The molecular formula is C24H32O6. The first-order valence-corrected chi connectivity index (χ1v) is 10.9. The first-order valence-electron chi connectivity index (χ1n) is 10.9. The molecule has 0 bridgehead atoms. The molecular weight excluding hydrogens is 384 g/mol. The van der Waals surface area contributed by atoms with E-state index in [0.717, 1.165) is 24.8 Å². The summed E-state index contributed by atoms with van der Waals surface area (Å²) >= 11 is 0. The number of hydrogen-bond donors (Lipinski definition) is 0. The summed E-state index contributed by atoms with van der Waals surface area (Å²) in [6.45, 7) is 9.44. The lowest BCUT2D eigenvalue weighted by Gasteiger charge is -2.60. The average Bonchev–Trinajstić information content (AvgIpc) is 3.30. The summed E-state index contributed by atoms with van der Waals surface area (Å²) in [6, 6.07) is 1.90. The van der Waals surface area contributed by atoms with E-state index in [-0.39, 0.29) is 41.4 Å². The van der Waals surface area contributed by atoms with Crippen LogP contribution >= 0.6 is 0 Å². The predicted octanol–water partition coefficient (Wildman–Crippen LogP) is 4.95. The number of fused-ring (bicyclic) bond motifs is 2. The summed E-state index contributed by atoms with van der Waals surface area (Å²) in [5, 5.41) is 0. The second-order valence-electron chi connectivity index (χ2n) is 9.51. The fraction of sp³-hybridized carbons (Fsp3) is 0.667. The number of carbonyl (C=O) groups is 2. The Kier molecular flexibility index (Phi) is 5.33. The Hall–Kier alpha value is -2.08. The zero-order valence-electron chi connectivity index (χ0n) is 18.5. The van der Waals surface area contributed by atoms with Crippen molar-refractivity contribution in [2.24, 2.45) is 22.7 Å². The van der Waals surface area contributed by atoms with Gasteiger partial charge in [-0.05, 0) is 50.0 Å². The summed E-state index contributed by atoms with van der Waals surface area (Å²) in [6.07, 6.45) is 7.87. The maximum atomic E-state index is 12.1. The van der Waals surface area contributed by atoms with E-state index in [0.29, 0.717) is 6.42 Å². The van der Waals surface area contributed by atoms with Crippen LogP contribution in [0.3, 0.4) is 0 Å². The Bertz CT molecular complexity index is 842. The Morgan fingerprint density at radius 1 is 1.17 bits per heavy atom. The topological polar surface area (TPSA) is 75.0 Å². The van der Waals surface area contributed by atoms with E-state index in [1.807, 2.05) is 6.07 Å². The van der Waals surface area contributed by atoms with E-state index in [2.05, 4.69) is 26.8 Å². The summed E-state index contributed by atoms with van der Waals surface area (Å²) in [5.41, 5.74) is 1.64. The number of furan rings is 1. The number of esters is 2. The molecule has 1 spiro atoms. The molecule has 30 heavy (non-hydrogen) atoms. The fourth-order valence-electron chi connectivity index (χ4n) is 6.46. The lowest BCUT2D eigenvalue weighted by atomic mass is 9.45. The van der Waals surface area contributed by atoms with E-state index in [1.165, 1.54) is 19.4 Å². The highest BCUT2D eigenvalue weighted by molar-refractivity contribution is 5.66. The largest absolute Gasteiger partial charge is 0.472 e. The van der Waals surface area contributed by atoms with Gasteiger partial charge < -0.3 is 18.6 Å². The zero-order chi connectivity index (χ0) is 21.7. The summed E-state index contributed by atoms with van der Waals surface area (Å²) < 4.78 is 23.4. The van der Waals surface area contributed by atoms with Crippen molar-refractivity contribution >= 4 is 11.9 Å². The molecule has 2 fully saturated rings. The van der Waals surface area contributed by atoms with Crippen LogP contribution in [-0.2, 0) is 23.8 Å². The average molecular weight is 417 g/mol.